The van der Waals surface area contributed by atoms with E-state index in [2.05, 4.69) is 0 Å². The van der Waals surface area contributed by atoms with Crippen molar-refractivity contribution < 1.29 is 19.0 Å². The van der Waals surface area contributed by atoms with Gasteiger partial charge in [-0.25, -0.2) is 9.48 Å². The number of benzene rings is 4. The number of hydrogen-bond acceptors (Lipinski definition) is 6. The predicted octanol–water partition coefficient (Wildman–Crippen LogP) is 7.94. The third-order valence-electron chi connectivity index (χ3n) is 6.96. The third kappa shape index (κ3) is 6.37. The standard InChI is InChI=1S/C37H31N3O4/c1-2-42-37(41)34-35(29-19-11-5-12-20-29)39-40(30-21-13-6-14-22-30)36(34)31-23-32(43-25-27-15-7-3-8-16-27)33(24-38-31)44-26-28-17-9-4-10-18-28/h3-24H,2,25-26H2,1H3. The zero-order valence-corrected chi connectivity index (χ0v) is 24.3. The van der Waals surface area contributed by atoms with Crippen LogP contribution in [0.1, 0.15) is 28.4 Å². The maximum atomic E-state index is 13.6. The van der Waals surface area contributed by atoms with Gasteiger partial charge in [0.1, 0.15) is 30.2 Å². The molecule has 6 aromatic rings. The molecule has 44 heavy (non-hydrogen) atoms. The average molecular weight is 582 g/mol. The number of ether oxygens (including phenoxy) is 3. The van der Waals surface area contributed by atoms with E-state index < -0.39 is 5.97 Å². The Kier molecular flexibility index (Phi) is 8.74. The number of esters is 1. The van der Waals surface area contributed by atoms with Gasteiger partial charge in [-0.2, -0.15) is 5.10 Å². The molecule has 0 spiro atoms. The van der Waals surface area contributed by atoms with E-state index >= 15 is 0 Å². The van der Waals surface area contributed by atoms with Gasteiger partial charge in [-0.3, -0.25) is 4.98 Å². The van der Waals surface area contributed by atoms with Crippen LogP contribution in [-0.4, -0.2) is 27.3 Å². The summed E-state index contributed by atoms with van der Waals surface area (Å²) in [6.07, 6.45) is 1.64. The zero-order chi connectivity index (χ0) is 30.1. The lowest BCUT2D eigenvalue weighted by Gasteiger charge is -2.15. The minimum absolute atomic E-state index is 0.216. The second-order valence-corrected chi connectivity index (χ2v) is 9.97. The molecule has 0 fully saturated rings. The summed E-state index contributed by atoms with van der Waals surface area (Å²) in [4.78, 5) is 18.4. The molecule has 218 valence electrons. The highest BCUT2D eigenvalue weighted by atomic mass is 16.5. The molecule has 0 aliphatic carbocycles. The fourth-order valence-electron chi connectivity index (χ4n) is 4.85. The van der Waals surface area contributed by atoms with Gasteiger partial charge in [0.15, 0.2) is 11.5 Å². The SMILES string of the molecule is CCOC(=O)c1c(-c2ccccc2)nn(-c2ccccc2)c1-c1cc(OCc2ccccc2)c(OCc2ccccc2)cn1. The largest absolute Gasteiger partial charge is 0.485 e. The number of pyridine rings is 1. The summed E-state index contributed by atoms with van der Waals surface area (Å²) in [5.41, 5.74) is 5.39. The normalized spacial score (nSPS) is 10.8. The van der Waals surface area contributed by atoms with Crippen LogP contribution in [-0.2, 0) is 18.0 Å². The molecule has 0 bridgehead atoms. The van der Waals surface area contributed by atoms with Crippen LogP contribution >= 0.6 is 0 Å². The van der Waals surface area contributed by atoms with E-state index in [4.69, 9.17) is 24.3 Å². The monoisotopic (exact) mass is 581 g/mol. The Bertz CT molecular complexity index is 1820. The Balaban J connectivity index is 1.50. The van der Waals surface area contributed by atoms with Crippen LogP contribution in [0.3, 0.4) is 0 Å². The quantitative estimate of drug-likeness (QED) is 0.145. The van der Waals surface area contributed by atoms with E-state index in [0.717, 1.165) is 22.4 Å². The Morgan fingerprint density at radius 3 is 1.84 bits per heavy atom. The van der Waals surface area contributed by atoms with Gasteiger partial charge in [-0.05, 0) is 30.2 Å². The second-order valence-electron chi connectivity index (χ2n) is 9.97. The molecule has 0 aliphatic rings. The van der Waals surface area contributed by atoms with Gasteiger partial charge in [0, 0.05) is 11.6 Å². The first-order chi connectivity index (χ1) is 21.7. The van der Waals surface area contributed by atoms with Crippen molar-refractivity contribution in [1.29, 1.82) is 0 Å². The molecule has 2 aromatic heterocycles. The molecule has 0 aliphatic heterocycles. The van der Waals surface area contributed by atoms with Crippen molar-refractivity contribution >= 4 is 5.97 Å². The number of hydrogen-bond donors (Lipinski definition) is 0. The lowest BCUT2D eigenvalue weighted by atomic mass is 10.0. The van der Waals surface area contributed by atoms with Gasteiger partial charge in [-0.15, -0.1) is 0 Å². The summed E-state index contributed by atoms with van der Waals surface area (Å²) in [5.74, 6) is 0.494. The summed E-state index contributed by atoms with van der Waals surface area (Å²) in [6, 6.07) is 40.9. The summed E-state index contributed by atoms with van der Waals surface area (Å²) in [5, 5.41) is 4.96. The molecular formula is C37H31N3O4. The minimum Gasteiger partial charge on any atom is -0.485 e. The smallest absolute Gasteiger partial charge is 0.342 e. The summed E-state index contributed by atoms with van der Waals surface area (Å²) in [7, 11) is 0. The van der Waals surface area contributed by atoms with Crippen LogP contribution < -0.4 is 9.47 Å². The van der Waals surface area contributed by atoms with Crippen molar-refractivity contribution in [3.05, 3.63) is 150 Å². The van der Waals surface area contributed by atoms with E-state index in [9.17, 15) is 4.79 Å². The molecule has 4 aromatic carbocycles. The number of rotatable bonds is 11. The lowest BCUT2D eigenvalue weighted by molar-refractivity contribution is 0.0528. The van der Waals surface area contributed by atoms with Crippen molar-refractivity contribution in [1.82, 2.24) is 14.8 Å². The molecule has 0 N–H and O–H groups in total. The van der Waals surface area contributed by atoms with Gasteiger partial charge in [0.05, 0.1) is 24.2 Å². The number of aromatic nitrogens is 3. The zero-order valence-electron chi connectivity index (χ0n) is 24.3. The summed E-state index contributed by atoms with van der Waals surface area (Å²) >= 11 is 0. The van der Waals surface area contributed by atoms with E-state index in [1.54, 1.807) is 23.9 Å². The van der Waals surface area contributed by atoms with E-state index in [1.165, 1.54) is 0 Å². The van der Waals surface area contributed by atoms with Gasteiger partial charge < -0.3 is 14.2 Å². The Morgan fingerprint density at radius 1 is 0.705 bits per heavy atom. The van der Waals surface area contributed by atoms with Crippen molar-refractivity contribution in [2.24, 2.45) is 0 Å². The fraction of sp³-hybridized carbons (Fsp3) is 0.108. The number of para-hydroxylation sites is 1. The fourth-order valence-corrected chi connectivity index (χ4v) is 4.85. The molecule has 0 saturated carbocycles. The van der Waals surface area contributed by atoms with Gasteiger partial charge in [-0.1, -0.05) is 109 Å². The molecule has 0 saturated heterocycles. The van der Waals surface area contributed by atoms with Crippen LogP contribution in [0.15, 0.2) is 134 Å². The van der Waals surface area contributed by atoms with Gasteiger partial charge >= 0.3 is 5.97 Å². The summed E-state index contributed by atoms with van der Waals surface area (Å²) in [6.45, 7) is 2.67. The highest BCUT2D eigenvalue weighted by Crippen LogP contribution is 2.38. The minimum atomic E-state index is -0.485. The second kappa shape index (κ2) is 13.5. The topological polar surface area (TPSA) is 75.5 Å². The average Bonchev–Trinajstić information content (AvgIpc) is 3.49. The highest BCUT2D eigenvalue weighted by molar-refractivity contribution is 6.02. The Morgan fingerprint density at radius 2 is 1.25 bits per heavy atom. The van der Waals surface area contributed by atoms with Crippen LogP contribution in [0.25, 0.3) is 28.3 Å². The molecule has 7 nitrogen and oxygen atoms in total. The first-order valence-electron chi connectivity index (χ1n) is 14.5. The van der Waals surface area contributed by atoms with Crippen molar-refractivity contribution in [3.63, 3.8) is 0 Å². The van der Waals surface area contributed by atoms with E-state index in [-0.39, 0.29) is 6.61 Å². The molecular weight excluding hydrogens is 550 g/mol. The van der Waals surface area contributed by atoms with Crippen LogP contribution in [0.2, 0.25) is 0 Å². The summed E-state index contributed by atoms with van der Waals surface area (Å²) < 4.78 is 19.9. The third-order valence-corrected chi connectivity index (χ3v) is 6.96. The number of carbonyl (C=O) groups excluding carboxylic acids is 1. The van der Waals surface area contributed by atoms with Crippen LogP contribution in [0.5, 0.6) is 11.5 Å². The molecule has 7 heteroatoms. The predicted molar refractivity (Wildman–Crippen MR) is 170 cm³/mol. The first-order valence-corrected chi connectivity index (χ1v) is 14.5. The highest BCUT2D eigenvalue weighted by Gasteiger charge is 2.29. The number of nitrogens with zero attached hydrogens (tertiary/aromatic N) is 3. The molecule has 0 amide bonds. The van der Waals surface area contributed by atoms with E-state index in [1.807, 2.05) is 121 Å². The van der Waals surface area contributed by atoms with Crippen molar-refractivity contribution in [2.75, 3.05) is 6.61 Å². The molecule has 0 radical (unpaired) electrons. The molecule has 0 atom stereocenters. The molecule has 0 unspecified atom stereocenters. The van der Waals surface area contributed by atoms with E-state index in [0.29, 0.717) is 47.4 Å². The molecule has 2 heterocycles. The number of carbonyl (C=O) groups is 1. The van der Waals surface area contributed by atoms with Crippen LogP contribution in [0.4, 0.5) is 0 Å². The Labute approximate surface area is 256 Å². The lowest BCUT2D eigenvalue weighted by Crippen LogP contribution is -2.09. The Hall–Kier alpha value is -5.69. The molecule has 6 rings (SSSR count). The van der Waals surface area contributed by atoms with Crippen molar-refractivity contribution in [3.8, 4) is 39.8 Å². The van der Waals surface area contributed by atoms with Crippen LogP contribution in [0, 0.1) is 0 Å². The van der Waals surface area contributed by atoms with Crippen molar-refractivity contribution in [2.45, 2.75) is 20.1 Å². The first kappa shape index (κ1) is 28.4. The van der Waals surface area contributed by atoms with Gasteiger partial charge in [0.2, 0.25) is 0 Å². The maximum absolute atomic E-state index is 13.6. The van der Waals surface area contributed by atoms with Gasteiger partial charge in [0.25, 0.3) is 0 Å². The maximum Gasteiger partial charge on any atom is 0.342 e.